The van der Waals surface area contributed by atoms with Gasteiger partial charge in [-0.05, 0) is 43.5 Å². The van der Waals surface area contributed by atoms with Gasteiger partial charge in [0, 0.05) is 23.7 Å². The van der Waals surface area contributed by atoms with E-state index in [4.69, 9.17) is 4.52 Å². The number of nitrogens with zero attached hydrogens (tertiary/aromatic N) is 2. The largest absolute Gasteiger partial charge is 0.359 e. The predicted molar refractivity (Wildman–Crippen MR) is 113 cm³/mol. The minimum atomic E-state index is -2.74. The molecular weight excluding hydrogens is 405 g/mol. The lowest BCUT2D eigenvalue weighted by molar-refractivity contribution is 0.184. The van der Waals surface area contributed by atoms with Gasteiger partial charge in [-0.2, -0.15) is 0 Å². The predicted octanol–water partition coefficient (Wildman–Crippen LogP) is 3.48. The molecule has 0 radical (unpaired) electrons. The average Bonchev–Trinajstić information content (AvgIpc) is 3.23. The van der Waals surface area contributed by atoms with Crippen LogP contribution >= 0.6 is 0 Å². The second-order valence-electron chi connectivity index (χ2n) is 7.54. The van der Waals surface area contributed by atoms with E-state index in [-0.39, 0.29) is 12.4 Å². The Kier molecular flexibility index (Phi) is 6.56. The number of rotatable bonds is 7. The Hall–Kier alpha value is -2.55. The smallest absolute Gasteiger partial charge is 0.201 e. The van der Waals surface area contributed by atoms with Crippen LogP contribution in [0.25, 0.3) is 11.3 Å². The molecule has 1 aliphatic heterocycles. The molecule has 3 aromatic rings. The molecule has 0 aliphatic carbocycles. The average molecular weight is 430 g/mol. The highest BCUT2D eigenvalue weighted by molar-refractivity contribution is 7.70. The van der Waals surface area contributed by atoms with Crippen LogP contribution in [0, 0.1) is 5.82 Å². The lowest BCUT2D eigenvalue weighted by atomic mass is 9.88. The normalized spacial score (nSPS) is 15.7. The number of nitrogens with one attached hydrogen (secondary N) is 1. The van der Waals surface area contributed by atoms with E-state index in [1.54, 1.807) is 12.1 Å². The summed E-state index contributed by atoms with van der Waals surface area (Å²) in [6, 6.07) is 16.9. The first kappa shape index (κ1) is 20.7. The molecule has 0 spiro atoms. The highest BCUT2D eigenvalue weighted by Crippen LogP contribution is 2.30. The summed E-state index contributed by atoms with van der Waals surface area (Å²) in [6.07, 6.45) is 1.90. The highest BCUT2D eigenvalue weighted by atomic mass is 32.2. The van der Waals surface area contributed by atoms with Crippen LogP contribution < -0.4 is 4.72 Å². The molecule has 1 fully saturated rings. The maximum absolute atomic E-state index is 14.0. The van der Waals surface area contributed by atoms with Gasteiger partial charge in [-0.15, -0.1) is 0 Å². The third kappa shape index (κ3) is 5.13. The van der Waals surface area contributed by atoms with Gasteiger partial charge < -0.3 is 4.52 Å². The Labute approximate surface area is 176 Å². The molecule has 0 unspecified atom stereocenters. The molecule has 0 saturated carbocycles. The molecule has 0 amide bonds. The van der Waals surface area contributed by atoms with E-state index in [0.717, 1.165) is 48.5 Å². The van der Waals surface area contributed by atoms with Crippen LogP contribution in [0.15, 0.2) is 59.1 Å². The van der Waals surface area contributed by atoms with E-state index in [1.165, 1.54) is 6.07 Å². The van der Waals surface area contributed by atoms with Gasteiger partial charge in [0.25, 0.3) is 0 Å². The molecule has 0 bridgehead atoms. The quantitative estimate of drug-likeness (QED) is 0.563. The molecule has 1 aromatic heterocycles. The van der Waals surface area contributed by atoms with Crippen LogP contribution in [0.1, 0.15) is 35.6 Å². The topological polar surface area (TPSA) is 75.4 Å². The monoisotopic (exact) mass is 429 g/mol. The van der Waals surface area contributed by atoms with Gasteiger partial charge in [-0.1, -0.05) is 47.6 Å². The maximum Gasteiger partial charge on any atom is 0.201 e. The van der Waals surface area contributed by atoms with Crippen molar-refractivity contribution < 1.29 is 17.3 Å². The minimum Gasteiger partial charge on any atom is -0.359 e. The molecule has 2 heterocycles. The molecule has 1 aliphatic rings. The van der Waals surface area contributed by atoms with E-state index in [9.17, 15) is 12.8 Å². The van der Waals surface area contributed by atoms with E-state index in [2.05, 4.69) is 14.8 Å². The molecular formula is C22H24FN3O3S. The van der Waals surface area contributed by atoms with E-state index >= 15 is 0 Å². The van der Waals surface area contributed by atoms with Crippen LogP contribution in [-0.2, 0) is 24.0 Å². The Morgan fingerprint density at radius 1 is 1.10 bits per heavy atom. The van der Waals surface area contributed by atoms with Crippen molar-refractivity contribution >= 4 is 10.9 Å². The zero-order valence-corrected chi connectivity index (χ0v) is 17.4. The van der Waals surface area contributed by atoms with Crippen molar-refractivity contribution in [3.8, 4) is 11.3 Å². The van der Waals surface area contributed by atoms with Gasteiger partial charge in [-0.25, -0.2) is 17.5 Å². The number of piperidine rings is 1. The third-order valence-corrected chi connectivity index (χ3v) is 5.95. The van der Waals surface area contributed by atoms with Gasteiger partial charge in [-0.3, -0.25) is 4.90 Å². The number of aromatic nitrogens is 1. The Bertz CT molecular complexity index is 1050. The molecule has 30 heavy (non-hydrogen) atoms. The van der Waals surface area contributed by atoms with Crippen LogP contribution in [0.2, 0.25) is 0 Å². The van der Waals surface area contributed by atoms with E-state index in [1.807, 2.05) is 36.4 Å². The second kappa shape index (κ2) is 9.51. The Balaban J connectivity index is 1.34. The van der Waals surface area contributed by atoms with Crippen molar-refractivity contribution in [2.24, 2.45) is 0 Å². The third-order valence-electron chi connectivity index (χ3n) is 5.54. The number of benzene rings is 2. The number of hydrogen-bond donors (Lipinski definition) is 2. The summed E-state index contributed by atoms with van der Waals surface area (Å²) in [5.74, 6) is 0.783. The summed E-state index contributed by atoms with van der Waals surface area (Å²) >= 11 is 0. The molecule has 1 N–H and O–H groups in total. The molecule has 1 saturated heterocycles. The van der Waals surface area contributed by atoms with Crippen LogP contribution in [0.4, 0.5) is 4.39 Å². The summed E-state index contributed by atoms with van der Waals surface area (Å²) in [5, 5.41) is 4.18. The van der Waals surface area contributed by atoms with Crippen molar-refractivity contribution in [2.45, 2.75) is 31.8 Å². The van der Waals surface area contributed by atoms with Crippen molar-refractivity contribution in [1.29, 1.82) is 0 Å². The first-order chi connectivity index (χ1) is 14.6. The van der Waals surface area contributed by atoms with Crippen LogP contribution in [0.5, 0.6) is 0 Å². The molecule has 158 valence electrons. The number of halogens is 1. The van der Waals surface area contributed by atoms with Crippen molar-refractivity contribution in [3.63, 3.8) is 0 Å². The van der Waals surface area contributed by atoms with Gasteiger partial charge in [0.2, 0.25) is 10.9 Å². The molecule has 8 heteroatoms. The van der Waals surface area contributed by atoms with Gasteiger partial charge >= 0.3 is 0 Å². The number of thiol groups is 1. The molecule has 2 aromatic carbocycles. The van der Waals surface area contributed by atoms with Crippen LogP contribution in [-0.4, -0.2) is 31.6 Å². The number of hydrogen-bond acceptors (Lipinski definition) is 5. The summed E-state index contributed by atoms with van der Waals surface area (Å²) < 4.78 is 43.2. The minimum absolute atomic E-state index is 0.0214. The van der Waals surface area contributed by atoms with E-state index in [0.29, 0.717) is 18.0 Å². The first-order valence-electron chi connectivity index (χ1n) is 9.98. The summed E-state index contributed by atoms with van der Waals surface area (Å²) in [7, 11) is -2.74. The zero-order valence-electron chi connectivity index (χ0n) is 16.5. The maximum atomic E-state index is 14.0. The van der Waals surface area contributed by atoms with Gasteiger partial charge in [0.05, 0.1) is 6.54 Å². The Morgan fingerprint density at radius 3 is 2.60 bits per heavy atom. The van der Waals surface area contributed by atoms with Crippen molar-refractivity contribution in [2.75, 3.05) is 13.1 Å². The van der Waals surface area contributed by atoms with E-state index < -0.39 is 10.9 Å². The van der Waals surface area contributed by atoms with Crippen molar-refractivity contribution in [3.05, 3.63) is 77.3 Å². The lowest BCUT2D eigenvalue weighted by Crippen LogP contribution is -2.32. The van der Waals surface area contributed by atoms with Crippen molar-refractivity contribution in [1.82, 2.24) is 14.8 Å². The Morgan fingerprint density at radius 2 is 1.87 bits per heavy atom. The molecule has 0 atom stereocenters. The van der Waals surface area contributed by atoms with Crippen LogP contribution in [0.3, 0.4) is 0 Å². The summed E-state index contributed by atoms with van der Waals surface area (Å²) in [4.78, 5) is 2.33. The fourth-order valence-corrected chi connectivity index (χ4v) is 4.21. The fraction of sp³-hybridized carbons (Fsp3) is 0.318. The standard InChI is InChI=1S/C22H24FN3O3S/c23-21-7-6-18(12-19(21)14-24-30(27)28)16-8-10-26(11-9-16)15-20-13-22(25-29-20)17-4-2-1-3-5-17/h1-7,12-13,16,30H,8-11,14-15H2,(H,24,27,28). The highest BCUT2D eigenvalue weighted by Gasteiger charge is 2.22. The second-order valence-corrected chi connectivity index (χ2v) is 8.37. The molecule has 6 nitrogen and oxygen atoms in total. The SMILES string of the molecule is O=[SH](=O)NCc1cc(C2CCN(Cc3cc(-c4ccccc4)no3)CC2)ccc1F. The molecule has 4 rings (SSSR count). The summed E-state index contributed by atoms with van der Waals surface area (Å²) in [6.45, 7) is 2.50. The fourth-order valence-electron chi connectivity index (χ4n) is 3.91. The van der Waals surface area contributed by atoms with Gasteiger partial charge in [0.15, 0.2) is 5.76 Å². The first-order valence-corrected chi connectivity index (χ1v) is 11.2. The number of likely N-dealkylation sites (tertiary alicyclic amines) is 1. The lowest BCUT2D eigenvalue weighted by Gasteiger charge is -2.31. The zero-order chi connectivity index (χ0) is 20.9. The summed E-state index contributed by atoms with van der Waals surface area (Å²) in [5.41, 5.74) is 3.31. The van der Waals surface area contributed by atoms with Gasteiger partial charge in [0.1, 0.15) is 11.5 Å².